The predicted octanol–water partition coefficient (Wildman–Crippen LogP) is 10.7. The molecule has 0 aliphatic rings. The molecule has 0 fully saturated rings. The molecule has 2 aromatic heterocycles. The van der Waals surface area contributed by atoms with Crippen molar-refractivity contribution in [2.24, 2.45) is 7.05 Å². The van der Waals surface area contributed by atoms with Crippen LogP contribution in [-0.4, -0.2) is 0 Å². The molecule has 0 bridgehead atoms. The van der Waals surface area contributed by atoms with Crippen LogP contribution in [0.25, 0.3) is 66.6 Å². The van der Waals surface area contributed by atoms with E-state index < -0.39 is 0 Å². The molecule has 5 aromatic carbocycles. The van der Waals surface area contributed by atoms with Gasteiger partial charge >= 0.3 is 0 Å². The van der Waals surface area contributed by atoms with E-state index in [4.69, 9.17) is 4.42 Å². The first-order valence-electron chi connectivity index (χ1n) is 15.5. The van der Waals surface area contributed by atoms with Crippen LogP contribution in [0.1, 0.15) is 37.5 Å². The molecule has 2 heterocycles. The van der Waals surface area contributed by atoms with Gasteiger partial charge in [0.05, 0.1) is 22.8 Å². The van der Waals surface area contributed by atoms with Crippen molar-refractivity contribution in [1.82, 2.24) is 0 Å². The van der Waals surface area contributed by atoms with Crippen molar-refractivity contribution in [2.45, 2.75) is 33.1 Å². The van der Waals surface area contributed by atoms with Gasteiger partial charge in [0, 0.05) is 22.4 Å². The van der Waals surface area contributed by atoms with Gasteiger partial charge in [-0.15, -0.1) is 0 Å². The molecular weight excluding hydrogens is 567 g/mol. The molecule has 0 amide bonds. The summed E-state index contributed by atoms with van der Waals surface area (Å²) in [5, 5.41) is 12.0. The van der Waals surface area contributed by atoms with Crippen LogP contribution in [-0.2, 0) is 12.5 Å². The van der Waals surface area contributed by atoms with E-state index in [2.05, 4.69) is 78.9 Å². The van der Waals surface area contributed by atoms with Gasteiger partial charge in [-0.2, -0.15) is 5.26 Å². The predicted molar refractivity (Wildman–Crippen MR) is 185 cm³/mol. The second kappa shape index (κ2) is 11.1. The van der Waals surface area contributed by atoms with E-state index in [1.54, 1.807) is 6.07 Å². The number of aryl methyl sites for hydroxylation is 2. The molecule has 0 saturated heterocycles. The Morgan fingerprint density at radius 1 is 0.674 bits per heavy atom. The third-order valence-electron chi connectivity index (χ3n) is 8.90. The van der Waals surface area contributed by atoms with Crippen LogP contribution in [0.4, 0.5) is 4.39 Å². The molecule has 46 heavy (non-hydrogen) atoms. The number of benzene rings is 5. The molecule has 224 valence electrons. The Balaban J connectivity index is 1.37. The van der Waals surface area contributed by atoms with Crippen LogP contribution in [0.5, 0.6) is 0 Å². The maximum absolute atomic E-state index is 15.5. The molecule has 0 unspecified atom stereocenters. The molecule has 0 radical (unpaired) electrons. The third-order valence-corrected chi connectivity index (χ3v) is 8.90. The summed E-state index contributed by atoms with van der Waals surface area (Å²) in [6, 6.07) is 39.1. The number of nitrogens with zero attached hydrogens (tertiary/aromatic N) is 2. The summed E-state index contributed by atoms with van der Waals surface area (Å²) in [6.45, 7) is 8.06. The first-order valence-corrected chi connectivity index (χ1v) is 15.5. The van der Waals surface area contributed by atoms with E-state index in [9.17, 15) is 5.26 Å². The summed E-state index contributed by atoms with van der Waals surface area (Å²) in [6.07, 6.45) is 1.88. The highest BCUT2D eigenvalue weighted by molar-refractivity contribution is 6.14. The van der Waals surface area contributed by atoms with E-state index in [-0.39, 0.29) is 11.2 Å². The fourth-order valence-electron chi connectivity index (χ4n) is 6.46. The van der Waals surface area contributed by atoms with Crippen LogP contribution in [0.3, 0.4) is 0 Å². The molecule has 0 aliphatic heterocycles. The van der Waals surface area contributed by atoms with Gasteiger partial charge in [-0.1, -0.05) is 106 Å². The first-order chi connectivity index (χ1) is 22.1. The Hall–Kier alpha value is -5.53. The van der Waals surface area contributed by atoms with E-state index in [1.165, 1.54) is 5.56 Å². The van der Waals surface area contributed by atoms with Crippen molar-refractivity contribution >= 4 is 21.9 Å². The van der Waals surface area contributed by atoms with Gasteiger partial charge in [-0.25, -0.2) is 8.96 Å². The Morgan fingerprint density at radius 2 is 1.26 bits per heavy atom. The highest BCUT2D eigenvalue weighted by atomic mass is 19.1. The summed E-state index contributed by atoms with van der Waals surface area (Å²) in [4.78, 5) is 0. The number of fused-ring (bicyclic) bond motifs is 3. The first kappa shape index (κ1) is 29.2. The van der Waals surface area contributed by atoms with Crippen LogP contribution in [0.15, 0.2) is 120 Å². The molecule has 0 spiro atoms. The zero-order valence-corrected chi connectivity index (χ0v) is 26.7. The summed E-state index contributed by atoms with van der Waals surface area (Å²) in [7, 11) is 1.95. The fraction of sp³-hybridized carbons (Fsp3) is 0.143. The monoisotopic (exact) mass is 601 g/mol. The normalized spacial score (nSPS) is 11.7. The molecule has 4 heteroatoms. The number of aromatic nitrogens is 1. The van der Waals surface area contributed by atoms with Crippen molar-refractivity contribution < 1.29 is 13.4 Å². The Kier molecular flexibility index (Phi) is 7.06. The molecular formula is C42H34FN2O+. The molecule has 7 rings (SSSR count). The average Bonchev–Trinajstić information content (AvgIpc) is 3.44. The van der Waals surface area contributed by atoms with Crippen LogP contribution >= 0.6 is 0 Å². The SMILES string of the molecule is Cc1ccc2c(oc3c(-c4ccc(-c5cccc(-c6ccccc6)c5)cc4)c(C#N)ccc32)c1-c1cc(F)c(C(C)(C)C)c[n+]1C. The molecule has 0 saturated carbocycles. The van der Waals surface area contributed by atoms with Crippen molar-refractivity contribution in [2.75, 3.05) is 0 Å². The zero-order chi connectivity index (χ0) is 32.2. The lowest BCUT2D eigenvalue weighted by Gasteiger charge is -2.18. The number of nitriles is 1. The van der Waals surface area contributed by atoms with Crippen molar-refractivity contribution in [1.29, 1.82) is 5.26 Å². The minimum absolute atomic E-state index is 0.241. The molecule has 0 atom stereocenters. The maximum Gasteiger partial charge on any atom is 0.219 e. The van der Waals surface area contributed by atoms with Gasteiger partial charge in [0.15, 0.2) is 6.20 Å². The van der Waals surface area contributed by atoms with Gasteiger partial charge in [0.1, 0.15) is 24.0 Å². The number of halogens is 1. The van der Waals surface area contributed by atoms with Crippen molar-refractivity contribution in [3.63, 3.8) is 0 Å². The number of pyridine rings is 1. The Labute approximate surface area is 268 Å². The van der Waals surface area contributed by atoms with Gasteiger partial charge in [0.2, 0.25) is 5.69 Å². The van der Waals surface area contributed by atoms with Crippen LogP contribution < -0.4 is 4.57 Å². The van der Waals surface area contributed by atoms with Crippen molar-refractivity contribution in [3.8, 4) is 50.7 Å². The standard InChI is InChI=1S/C42H34FN2O/c1-26-14-20-33-34-21-19-32(24-44)39(41(34)46-40(33)38(26)37-23-36(43)35(25-45(37)5)42(2,3)4)29-17-15-28(16-18-29)31-13-9-12-30(22-31)27-10-7-6-8-11-27/h6-23,25H,1-5H3/q+1. The highest BCUT2D eigenvalue weighted by Gasteiger charge is 2.28. The Morgan fingerprint density at radius 3 is 1.91 bits per heavy atom. The third kappa shape index (κ3) is 4.95. The molecule has 0 aliphatic carbocycles. The smallest absolute Gasteiger partial charge is 0.219 e. The fourth-order valence-corrected chi connectivity index (χ4v) is 6.46. The largest absolute Gasteiger partial charge is 0.454 e. The number of furan rings is 1. The van der Waals surface area contributed by atoms with Gasteiger partial charge in [-0.05, 0) is 63.9 Å². The molecule has 3 nitrogen and oxygen atoms in total. The summed E-state index contributed by atoms with van der Waals surface area (Å²) >= 11 is 0. The second-order valence-electron chi connectivity index (χ2n) is 13.0. The summed E-state index contributed by atoms with van der Waals surface area (Å²) in [5.74, 6) is -0.241. The van der Waals surface area contributed by atoms with Crippen LogP contribution in [0, 0.1) is 24.1 Å². The minimum atomic E-state index is -0.330. The van der Waals surface area contributed by atoms with Crippen LogP contribution in [0.2, 0.25) is 0 Å². The molecule has 0 N–H and O–H groups in total. The topological polar surface area (TPSA) is 40.8 Å². The zero-order valence-electron chi connectivity index (χ0n) is 26.7. The lowest BCUT2D eigenvalue weighted by Crippen LogP contribution is -2.34. The average molecular weight is 602 g/mol. The van der Waals surface area contributed by atoms with E-state index in [1.807, 2.05) is 75.8 Å². The Bertz CT molecular complexity index is 2320. The number of hydrogen-bond acceptors (Lipinski definition) is 2. The number of rotatable bonds is 4. The van der Waals surface area contributed by atoms with Gasteiger partial charge < -0.3 is 4.42 Å². The summed E-state index contributed by atoms with van der Waals surface area (Å²) in [5.41, 5.74) is 10.9. The van der Waals surface area contributed by atoms with E-state index in [0.29, 0.717) is 22.3 Å². The van der Waals surface area contributed by atoms with E-state index in [0.717, 1.165) is 55.4 Å². The minimum Gasteiger partial charge on any atom is -0.454 e. The second-order valence-corrected chi connectivity index (χ2v) is 13.0. The van der Waals surface area contributed by atoms with E-state index >= 15 is 4.39 Å². The summed E-state index contributed by atoms with van der Waals surface area (Å²) < 4.78 is 24.2. The lowest BCUT2D eigenvalue weighted by atomic mass is 9.87. The number of hydrogen-bond donors (Lipinski definition) is 0. The van der Waals surface area contributed by atoms with Gasteiger partial charge in [0.25, 0.3) is 0 Å². The quantitative estimate of drug-likeness (QED) is 0.188. The molecule has 7 aromatic rings. The van der Waals surface area contributed by atoms with Crippen molar-refractivity contribution in [3.05, 3.63) is 138 Å². The lowest BCUT2D eigenvalue weighted by molar-refractivity contribution is -0.661. The maximum atomic E-state index is 15.5. The van der Waals surface area contributed by atoms with Gasteiger partial charge in [-0.3, -0.25) is 0 Å². The highest BCUT2D eigenvalue weighted by Crippen LogP contribution is 2.42.